The number of carbonyl (C=O) groups is 1. The third-order valence-corrected chi connectivity index (χ3v) is 4.84. The topological polar surface area (TPSA) is 72.3 Å². The summed E-state index contributed by atoms with van der Waals surface area (Å²) in [5.41, 5.74) is 4.20. The van der Waals surface area contributed by atoms with Crippen molar-refractivity contribution in [3.05, 3.63) is 63.8 Å². The first-order valence-corrected chi connectivity index (χ1v) is 9.75. The first-order chi connectivity index (χ1) is 13.8. The Balaban J connectivity index is 1.75. The Morgan fingerprint density at radius 1 is 1.34 bits per heavy atom. The molecule has 0 aliphatic rings. The molecule has 0 bridgehead atoms. The number of hydrogen-bond donors (Lipinski definition) is 0. The SMILES string of the molecule is Cc1cc(/C=C(/C#N)C(=O)OCc2cn3cc(Cl)ccc3n2)c(C)n1CC(C)C. The van der Waals surface area contributed by atoms with E-state index in [2.05, 4.69) is 23.4 Å². The normalized spacial score (nSPS) is 11.8. The maximum absolute atomic E-state index is 12.4. The van der Waals surface area contributed by atoms with Gasteiger partial charge in [0.05, 0.1) is 10.7 Å². The molecule has 150 valence electrons. The van der Waals surface area contributed by atoms with Gasteiger partial charge in [0.2, 0.25) is 0 Å². The molecule has 6 nitrogen and oxygen atoms in total. The minimum atomic E-state index is -0.670. The van der Waals surface area contributed by atoms with Gasteiger partial charge in [0, 0.05) is 30.3 Å². The van der Waals surface area contributed by atoms with Gasteiger partial charge in [0.25, 0.3) is 0 Å². The van der Waals surface area contributed by atoms with Crippen molar-refractivity contribution in [2.24, 2.45) is 5.92 Å². The average Bonchev–Trinajstić information content (AvgIpc) is 3.18. The highest BCUT2D eigenvalue weighted by Crippen LogP contribution is 2.20. The number of ether oxygens (including phenoxy) is 1. The van der Waals surface area contributed by atoms with Crippen LogP contribution in [0, 0.1) is 31.1 Å². The van der Waals surface area contributed by atoms with Gasteiger partial charge in [-0.1, -0.05) is 25.4 Å². The van der Waals surface area contributed by atoms with E-state index >= 15 is 0 Å². The summed E-state index contributed by atoms with van der Waals surface area (Å²) in [5.74, 6) is -0.173. The van der Waals surface area contributed by atoms with Crippen molar-refractivity contribution in [2.45, 2.75) is 40.8 Å². The molecule has 0 fully saturated rings. The lowest BCUT2D eigenvalue weighted by atomic mass is 10.1. The number of rotatable bonds is 6. The molecule has 0 amide bonds. The van der Waals surface area contributed by atoms with Crippen LogP contribution in [0.4, 0.5) is 0 Å². The lowest BCUT2D eigenvalue weighted by Crippen LogP contribution is -2.08. The van der Waals surface area contributed by atoms with Gasteiger partial charge in [0.15, 0.2) is 0 Å². The van der Waals surface area contributed by atoms with E-state index in [1.165, 1.54) is 0 Å². The molecule has 0 aliphatic carbocycles. The van der Waals surface area contributed by atoms with Crippen molar-refractivity contribution in [2.75, 3.05) is 0 Å². The van der Waals surface area contributed by atoms with Crippen molar-refractivity contribution in [3.63, 3.8) is 0 Å². The number of esters is 1. The van der Waals surface area contributed by atoms with Crippen LogP contribution >= 0.6 is 11.6 Å². The number of hydrogen-bond acceptors (Lipinski definition) is 4. The Bertz CT molecular complexity index is 1130. The molecule has 0 radical (unpaired) electrons. The number of aryl methyl sites for hydroxylation is 1. The van der Waals surface area contributed by atoms with E-state index in [-0.39, 0.29) is 12.2 Å². The number of nitriles is 1. The lowest BCUT2D eigenvalue weighted by Gasteiger charge is -2.12. The zero-order chi connectivity index (χ0) is 21.1. The zero-order valence-corrected chi connectivity index (χ0v) is 17.7. The van der Waals surface area contributed by atoms with Gasteiger partial charge >= 0.3 is 5.97 Å². The van der Waals surface area contributed by atoms with Crippen LogP contribution in [-0.4, -0.2) is 19.9 Å². The third kappa shape index (κ3) is 4.69. The minimum Gasteiger partial charge on any atom is -0.455 e. The number of fused-ring (bicyclic) bond motifs is 1. The number of imidazole rings is 1. The minimum absolute atomic E-state index is 0.0243. The molecule has 0 atom stereocenters. The predicted octanol–water partition coefficient (Wildman–Crippen LogP) is 4.71. The highest BCUT2D eigenvalue weighted by Gasteiger charge is 2.15. The fourth-order valence-corrected chi connectivity index (χ4v) is 3.38. The van der Waals surface area contributed by atoms with Crippen LogP contribution < -0.4 is 0 Å². The number of halogens is 1. The van der Waals surface area contributed by atoms with E-state index in [9.17, 15) is 10.1 Å². The van der Waals surface area contributed by atoms with Crippen LogP contribution in [0.15, 0.2) is 36.2 Å². The summed E-state index contributed by atoms with van der Waals surface area (Å²) in [4.78, 5) is 16.8. The lowest BCUT2D eigenvalue weighted by molar-refractivity contribution is -0.139. The van der Waals surface area contributed by atoms with Crippen LogP contribution in [0.3, 0.4) is 0 Å². The van der Waals surface area contributed by atoms with Crippen molar-refractivity contribution in [3.8, 4) is 6.07 Å². The molecular formula is C22H23ClN4O2. The molecular weight excluding hydrogens is 388 g/mol. The maximum Gasteiger partial charge on any atom is 0.349 e. The molecule has 3 aromatic heterocycles. The van der Waals surface area contributed by atoms with Gasteiger partial charge in [-0.15, -0.1) is 0 Å². The first-order valence-electron chi connectivity index (χ1n) is 9.37. The summed E-state index contributed by atoms with van der Waals surface area (Å²) in [6, 6.07) is 7.45. The Hall–Kier alpha value is -3.04. The van der Waals surface area contributed by atoms with Gasteiger partial charge in [-0.05, 0) is 49.6 Å². The summed E-state index contributed by atoms with van der Waals surface area (Å²) >= 11 is 5.97. The molecule has 29 heavy (non-hydrogen) atoms. The fourth-order valence-electron chi connectivity index (χ4n) is 3.22. The number of pyridine rings is 1. The molecule has 0 aliphatic heterocycles. The zero-order valence-electron chi connectivity index (χ0n) is 16.9. The van der Waals surface area contributed by atoms with Gasteiger partial charge < -0.3 is 13.7 Å². The summed E-state index contributed by atoms with van der Waals surface area (Å²) in [7, 11) is 0. The highest BCUT2D eigenvalue weighted by molar-refractivity contribution is 6.30. The second-order valence-corrected chi connectivity index (χ2v) is 7.86. The molecule has 7 heteroatoms. The molecule has 0 N–H and O–H groups in total. The second-order valence-electron chi connectivity index (χ2n) is 7.42. The average molecular weight is 411 g/mol. The van der Waals surface area contributed by atoms with E-state index in [1.807, 2.05) is 26.0 Å². The molecule has 0 saturated heterocycles. The van der Waals surface area contributed by atoms with E-state index in [1.54, 1.807) is 35.0 Å². The Kier molecular flexibility index (Phi) is 6.09. The van der Waals surface area contributed by atoms with E-state index < -0.39 is 5.97 Å². The summed E-state index contributed by atoms with van der Waals surface area (Å²) < 4.78 is 9.26. The van der Waals surface area contributed by atoms with Crippen molar-refractivity contribution in [1.29, 1.82) is 5.26 Å². The van der Waals surface area contributed by atoms with Crippen LogP contribution in [0.2, 0.25) is 5.02 Å². The Labute approximate surface area is 175 Å². The molecule has 3 aromatic rings. The number of carbonyl (C=O) groups excluding carboxylic acids is 1. The van der Waals surface area contributed by atoms with Crippen LogP contribution in [0.25, 0.3) is 11.7 Å². The van der Waals surface area contributed by atoms with E-state index in [4.69, 9.17) is 16.3 Å². The summed E-state index contributed by atoms with van der Waals surface area (Å²) in [6.45, 7) is 9.18. The molecule has 0 spiro atoms. The maximum atomic E-state index is 12.4. The molecule has 0 unspecified atom stereocenters. The van der Waals surface area contributed by atoms with Crippen molar-refractivity contribution < 1.29 is 9.53 Å². The summed E-state index contributed by atoms with van der Waals surface area (Å²) in [5, 5.41) is 10.0. The van der Waals surface area contributed by atoms with Crippen LogP contribution in [-0.2, 0) is 22.7 Å². The van der Waals surface area contributed by atoms with Gasteiger partial charge in [0.1, 0.15) is 23.9 Å². The molecule has 3 rings (SSSR count). The predicted molar refractivity (Wildman–Crippen MR) is 112 cm³/mol. The molecule has 0 aromatic carbocycles. The monoisotopic (exact) mass is 410 g/mol. The summed E-state index contributed by atoms with van der Waals surface area (Å²) in [6.07, 6.45) is 5.05. The van der Waals surface area contributed by atoms with Crippen LogP contribution in [0.1, 0.15) is 36.5 Å². The fraction of sp³-hybridized carbons (Fsp3) is 0.318. The first kappa shape index (κ1) is 20.7. The molecule has 3 heterocycles. The van der Waals surface area contributed by atoms with E-state index in [0.29, 0.717) is 22.3 Å². The molecule has 0 saturated carbocycles. The highest BCUT2D eigenvalue weighted by atomic mass is 35.5. The van der Waals surface area contributed by atoms with Gasteiger partial charge in [-0.3, -0.25) is 0 Å². The van der Waals surface area contributed by atoms with Crippen molar-refractivity contribution in [1.82, 2.24) is 14.0 Å². The quantitative estimate of drug-likeness (QED) is 0.335. The van der Waals surface area contributed by atoms with Crippen molar-refractivity contribution >= 4 is 29.3 Å². The number of nitrogens with zero attached hydrogens (tertiary/aromatic N) is 4. The third-order valence-electron chi connectivity index (χ3n) is 4.62. The Morgan fingerprint density at radius 3 is 2.79 bits per heavy atom. The number of aromatic nitrogens is 3. The second kappa shape index (κ2) is 8.54. The van der Waals surface area contributed by atoms with Gasteiger partial charge in [-0.25, -0.2) is 9.78 Å². The smallest absolute Gasteiger partial charge is 0.349 e. The largest absolute Gasteiger partial charge is 0.455 e. The Morgan fingerprint density at radius 2 is 2.10 bits per heavy atom. The standard InChI is InChI=1S/C22H23ClN4O2/c1-14(2)10-27-15(3)7-17(16(27)4)8-18(9-24)22(28)29-13-20-12-26-11-19(23)5-6-21(26)25-20/h5-8,11-12,14H,10,13H2,1-4H3/b18-8-. The van der Waals surface area contributed by atoms with E-state index in [0.717, 1.165) is 23.5 Å². The van der Waals surface area contributed by atoms with Gasteiger partial charge in [-0.2, -0.15) is 5.26 Å². The van der Waals surface area contributed by atoms with Crippen LogP contribution in [0.5, 0.6) is 0 Å².